The van der Waals surface area contributed by atoms with Gasteiger partial charge in [0.25, 0.3) is 5.91 Å². The molecule has 1 aromatic rings. The van der Waals surface area contributed by atoms with E-state index in [1.165, 1.54) is 23.1 Å². The summed E-state index contributed by atoms with van der Waals surface area (Å²) in [5.41, 5.74) is 0.103. The number of hydrogen-bond acceptors (Lipinski definition) is 3. The van der Waals surface area contributed by atoms with Crippen molar-refractivity contribution in [3.63, 3.8) is 0 Å². The van der Waals surface area contributed by atoms with Gasteiger partial charge in [-0.25, -0.2) is 0 Å². The lowest BCUT2D eigenvalue weighted by Crippen LogP contribution is -2.30. The lowest BCUT2D eigenvalue weighted by atomic mass is 9.99. The molecule has 102 valence electrons. The van der Waals surface area contributed by atoms with Crippen LogP contribution in [0.5, 0.6) is 5.75 Å². The second-order valence-corrected chi connectivity index (χ2v) is 5.23. The number of benzene rings is 1. The van der Waals surface area contributed by atoms with Gasteiger partial charge in [-0.15, -0.1) is 0 Å². The van der Waals surface area contributed by atoms with Crippen molar-refractivity contribution in [2.24, 2.45) is 11.8 Å². The number of carboxylic acids is 1. The van der Waals surface area contributed by atoms with Gasteiger partial charge < -0.3 is 15.1 Å². The molecule has 0 saturated carbocycles. The van der Waals surface area contributed by atoms with E-state index in [4.69, 9.17) is 16.7 Å². The zero-order chi connectivity index (χ0) is 14.2. The van der Waals surface area contributed by atoms with Gasteiger partial charge >= 0.3 is 5.97 Å². The third-order valence-corrected chi connectivity index (χ3v) is 3.64. The zero-order valence-corrected chi connectivity index (χ0v) is 11.1. The maximum atomic E-state index is 12.2. The molecule has 0 bridgehead atoms. The number of aromatic hydroxyl groups is 1. The van der Waals surface area contributed by atoms with Crippen LogP contribution in [0.2, 0.25) is 5.02 Å². The molecule has 1 aliphatic heterocycles. The van der Waals surface area contributed by atoms with E-state index in [-0.39, 0.29) is 23.8 Å². The summed E-state index contributed by atoms with van der Waals surface area (Å²) in [5.74, 6) is -2.12. The molecule has 1 aromatic carbocycles. The largest absolute Gasteiger partial charge is 0.507 e. The van der Waals surface area contributed by atoms with Crippen LogP contribution in [0, 0.1) is 11.8 Å². The van der Waals surface area contributed by atoms with Gasteiger partial charge in [0.05, 0.1) is 11.5 Å². The number of phenols is 1. The average Bonchev–Trinajstić information content (AvgIpc) is 2.74. The molecule has 0 spiro atoms. The van der Waals surface area contributed by atoms with Gasteiger partial charge in [-0.05, 0) is 24.1 Å². The Hall–Kier alpha value is -1.75. The molecule has 0 radical (unpaired) electrons. The van der Waals surface area contributed by atoms with Crippen LogP contribution in [0.4, 0.5) is 0 Å². The van der Waals surface area contributed by atoms with Crippen molar-refractivity contribution in [3.8, 4) is 5.75 Å². The molecule has 2 atom stereocenters. The summed E-state index contributed by atoms with van der Waals surface area (Å²) in [6, 6.07) is 4.22. The highest BCUT2D eigenvalue weighted by molar-refractivity contribution is 6.31. The molecular formula is C13H14ClNO4. The third-order valence-electron chi connectivity index (χ3n) is 3.41. The average molecular weight is 284 g/mol. The number of carbonyl (C=O) groups excluding carboxylic acids is 1. The van der Waals surface area contributed by atoms with Crippen molar-refractivity contribution < 1.29 is 19.8 Å². The highest BCUT2D eigenvalue weighted by atomic mass is 35.5. The lowest BCUT2D eigenvalue weighted by Gasteiger charge is -2.16. The minimum absolute atomic E-state index is 0.103. The topological polar surface area (TPSA) is 77.8 Å². The van der Waals surface area contributed by atoms with Crippen molar-refractivity contribution >= 4 is 23.5 Å². The molecule has 1 fully saturated rings. The minimum Gasteiger partial charge on any atom is -0.507 e. The molecule has 19 heavy (non-hydrogen) atoms. The first-order valence-corrected chi connectivity index (χ1v) is 6.28. The van der Waals surface area contributed by atoms with E-state index in [0.717, 1.165) is 0 Å². The number of halogens is 1. The number of rotatable bonds is 2. The number of aliphatic carboxylic acids is 1. The first kappa shape index (κ1) is 13.7. The SMILES string of the molecule is CC1CN(C(=O)c2cc(Cl)ccc2O)CC1C(=O)O. The summed E-state index contributed by atoms with van der Waals surface area (Å²) >= 11 is 5.80. The Morgan fingerprint density at radius 2 is 2.05 bits per heavy atom. The van der Waals surface area contributed by atoms with Gasteiger partial charge in [0.1, 0.15) is 5.75 Å². The molecule has 0 aliphatic carbocycles. The Bertz CT molecular complexity index is 531. The summed E-state index contributed by atoms with van der Waals surface area (Å²) in [6.07, 6.45) is 0. The number of phenolic OH excluding ortho intramolecular Hbond substituents is 1. The van der Waals surface area contributed by atoms with Gasteiger partial charge in [0, 0.05) is 18.1 Å². The second-order valence-electron chi connectivity index (χ2n) is 4.79. The van der Waals surface area contributed by atoms with Crippen LogP contribution in [-0.4, -0.2) is 40.1 Å². The number of likely N-dealkylation sites (tertiary alicyclic amines) is 1. The second kappa shape index (κ2) is 5.09. The van der Waals surface area contributed by atoms with Crippen LogP contribution >= 0.6 is 11.6 Å². The van der Waals surface area contributed by atoms with Crippen LogP contribution in [-0.2, 0) is 4.79 Å². The first-order valence-electron chi connectivity index (χ1n) is 5.90. The fraction of sp³-hybridized carbons (Fsp3) is 0.385. The fourth-order valence-electron chi connectivity index (χ4n) is 2.30. The molecule has 0 aromatic heterocycles. The summed E-state index contributed by atoms with van der Waals surface area (Å²) in [4.78, 5) is 24.7. The molecule has 1 saturated heterocycles. The maximum Gasteiger partial charge on any atom is 0.308 e. The highest BCUT2D eigenvalue weighted by Gasteiger charge is 2.37. The van der Waals surface area contributed by atoms with Crippen molar-refractivity contribution in [2.75, 3.05) is 13.1 Å². The van der Waals surface area contributed by atoms with E-state index in [2.05, 4.69) is 0 Å². The molecule has 1 amide bonds. The molecule has 5 nitrogen and oxygen atoms in total. The van der Waals surface area contributed by atoms with Crippen LogP contribution in [0.25, 0.3) is 0 Å². The standard InChI is InChI=1S/C13H14ClNO4/c1-7-5-15(6-10(7)13(18)19)12(17)9-4-8(14)2-3-11(9)16/h2-4,7,10,16H,5-6H2,1H3,(H,18,19). The number of carbonyl (C=O) groups is 2. The Labute approximate surface area is 115 Å². The van der Waals surface area contributed by atoms with E-state index in [1.807, 2.05) is 0 Å². The van der Waals surface area contributed by atoms with Crippen LogP contribution in [0.15, 0.2) is 18.2 Å². The molecule has 1 heterocycles. The van der Waals surface area contributed by atoms with E-state index >= 15 is 0 Å². The van der Waals surface area contributed by atoms with Crippen molar-refractivity contribution in [3.05, 3.63) is 28.8 Å². The number of carboxylic acid groups (broad SMARTS) is 1. The summed E-state index contributed by atoms with van der Waals surface area (Å²) in [7, 11) is 0. The van der Waals surface area contributed by atoms with E-state index in [0.29, 0.717) is 11.6 Å². The molecular weight excluding hydrogens is 270 g/mol. The molecule has 6 heteroatoms. The predicted octanol–water partition coefficient (Wildman–Crippen LogP) is 1.84. The monoisotopic (exact) mass is 283 g/mol. The molecule has 2 rings (SSSR count). The van der Waals surface area contributed by atoms with E-state index in [9.17, 15) is 14.7 Å². The first-order chi connectivity index (χ1) is 8.90. The predicted molar refractivity (Wildman–Crippen MR) is 69.3 cm³/mol. The summed E-state index contributed by atoms with van der Waals surface area (Å²) in [6.45, 7) is 2.31. The Kier molecular flexibility index (Phi) is 3.66. The van der Waals surface area contributed by atoms with Crippen LogP contribution in [0.3, 0.4) is 0 Å². The normalized spacial score (nSPS) is 22.5. The fourth-order valence-corrected chi connectivity index (χ4v) is 2.48. The zero-order valence-electron chi connectivity index (χ0n) is 10.3. The van der Waals surface area contributed by atoms with Gasteiger partial charge in [0.2, 0.25) is 0 Å². The molecule has 2 N–H and O–H groups in total. The number of hydrogen-bond donors (Lipinski definition) is 2. The molecule has 1 aliphatic rings. The highest BCUT2D eigenvalue weighted by Crippen LogP contribution is 2.28. The Morgan fingerprint density at radius 1 is 1.37 bits per heavy atom. The summed E-state index contributed by atoms with van der Waals surface area (Å²) in [5, 5.41) is 19.1. The quantitative estimate of drug-likeness (QED) is 0.868. The Morgan fingerprint density at radius 3 is 2.63 bits per heavy atom. The maximum absolute atomic E-state index is 12.2. The van der Waals surface area contributed by atoms with Crippen molar-refractivity contribution in [2.45, 2.75) is 6.92 Å². The van der Waals surface area contributed by atoms with Crippen LogP contribution in [0.1, 0.15) is 17.3 Å². The third kappa shape index (κ3) is 2.66. The van der Waals surface area contributed by atoms with Gasteiger partial charge in [-0.2, -0.15) is 0 Å². The summed E-state index contributed by atoms with van der Waals surface area (Å²) < 4.78 is 0. The van der Waals surface area contributed by atoms with E-state index < -0.39 is 17.8 Å². The minimum atomic E-state index is -0.905. The van der Waals surface area contributed by atoms with Gasteiger partial charge in [-0.3, -0.25) is 9.59 Å². The van der Waals surface area contributed by atoms with Gasteiger partial charge in [-0.1, -0.05) is 18.5 Å². The number of nitrogens with zero attached hydrogens (tertiary/aromatic N) is 1. The van der Waals surface area contributed by atoms with Gasteiger partial charge in [0.15, 0.2) is 0 Å². The van der Waals surface area contributed by atoms with Crippen molar-refractivity contribution in [1.82, 2.24) is 4.90 Å². The van der Waals surface area contributed by atoms with Crippen LogP contribution < -0.4 is 0 Å². The van der Waals surface area contributed by atoms with E-state index in [1.54, 1.807) is 6.92 Å². The number of amides is 1. The van der Waals surface area contributed by atoms with Crippen molar-refractivity contribution in [1.29, 1.82) is 0 Å². The molecule has 2 unspecified atom stereocenters. The lowest BCUT2D eigenvalue weighted by molar-refractivity contribution is -0.142. The Balaban J connectivity index is 2.22. The smallest absolute Gasteiger partial charge is 0.308 e.